The molecular formula is C20H22N4O2. The first-order chi connectivity index (χ1) is 12.6. The molecule has 26 heavy (non-hydrogen) atoms. The molecule has 0 aliphatic carbocycles. The summed E-state index contributed by atoms with van der Waals surface area (Å²) in [6.45, 7) is 4.43. The Balaban J connectivity index is 1.78. The molecule has 0 spiro atoms. The molecule has 6 nitrogen and oxygen atoms in total. The number of benzene rings is 2. The van der Waals surface area contributed by atoms with Gasteiger partial charge in [0.2, 0.25) is 5.91 Å². The Bertz CT molecular complexity index is 932. The first kappa shape index (κ1) is 17.7. The summed E-state index contributed by atoms with van der Waals surface area (Å²) in [4.78, 5) is 27.0. The van der Waals surface area contributed by atoms with Crippen molar-refractivity contribution in [1.29, 1.82) is 0 Å². The van der Waals surface area contributed by atoms with Gasteiger partial charge in [-0.05, 0) is 31.0 Å². The highest BCUT2D eigenvalue weighted by atomic mass is 16.2. The van der Waals surface area contributed by atoms with E-state index in [2.05, 4.69) is 15.5 Å². The number of carbonyl (C=O) groups excluding carboxylic acids is 2. The number of H-pyrrole nitrogens is 1. The molecule has 0 aliphatic heterocycles. The smallest absolute Gasteiger partial charge is 0.256 e. The molecule has 134 valence electrons. The van der Waals surface area contributed by atoms with E-state index in [1.807, 2.05) is 50.2 Å². The van der Waals surface area contributed by atoms with Crippen molar-refractivity contribution in [2.24, 2.45) is 0 Å². The number of nitrogens with zero attached hydrogens (tertiary/aromatic N) is 2. The minimum atomic E-state index is -0.210. The molecule has 3 rings (SSSR count). The van der Waals surface area contributed by atoms with E-state index in [0.29, 0.717) is 17.6 Å². The zero-order chi connectivity index (χ0) is 18.5. The second-order valence-corrected chi connectivity index (χ2v) is 6.23. The molecule has 0 fully saturated rings. The van der Waals surface area contributed by atoms with Crippen molar-refractivity contribution in [1.82, 2.24) is 15.1 Å². The van der Waals surface area contributed by atoms with E-state index in [0.717, 1.165) is 23.1 Å². The lowest BCUT2D eigenvalue weighted by molar-refractivity contribution is -0.116. The van der Waals surface area contributed by atoms with E-state index in [1.54, 1.807) is 17.2 Å². The summed E-state index contributed by atoms with van der Waals surface area (Å²) in [6, 6.07) is 13.0. The Labute approximate surface area is 152 Å². The van der Waals surface area contributed by atoms with E-state index in [4.69, 9.17) is 0 Å². The Morgan fingerprint density at radius 3 is 2.73 bits per heavy atom. The summed E-state index contributed by atoms with van der Waals surface area (Å²) in [7, 11) is 0. The summed E-state index contributed by atoms with van der Waals surface area (Å²) in [5, 5.41) is 10.6. The van der Waals surface area contributed by atoms with Gasteiger partial charge in [-0.15, -0.1) is 0 Å². The van der Waals surface area contributed by atoms with Crippen LogP contribution in [0.5, 0.6) is 0 Å². The number of aromatic amines is 1. The van der Waals surface area contributed by atoms with Crippen molar-refractivity contribution in [3.05, 3.63) is 59.8 Å². The number of hydrogen-bond donors (Lipinski definition) is 2. The van der Waals surface area contributed by atoms with Gasteiger partial charge in [0.1, 0.15) is 6.54 Å². The maximum absolute atomic E-state index is 13.0. The standard InChI is InChI=1S/C20H22N4O2/c1-3-11-24(13-18(25)22-17-10-5-4-7-14(17)2)20(26)16-9-6-8-15-12-21-23-19(15)16/h4-10,12H,3,11,13H2,1-2H3,(H,21,23)(H,22,25). The summed E-state index contributed by atoms with van der Waals surface area (Å²) in [5.74, 6) is -0.389. The van der Waals surface area contributed by atoms with Gasteiger partial charge in [0.05, 0.1) is 17.3 Å². The number of hydrogen-bond acceptors (Lipinski definition) is 3. The quantitative estimate of drug-likeness (QED) is 0.715. The van der Waals surface area contributed by atoms with E-state index in [1.165, 1.54) is 0 Å². The number of nitrogens with one attached hydrogen (secondary N) is 2. The van der Waals surface area contributed by atoms with Crippen LogP contribution in [0.15, 0.2) is 48.7 Å². The van der Waals surface area contributed by atoms with Crippen molar-refractivity contribution in [2.75, 3.05) is 18.4 Å². The predicted molar refractivity (Wildman–Crippen MR) is 102 cm³/mol. The Kier molecular flexibility index (Phi) is 5.31. The molecule has 0 radical (unpaired) electrons. The monoisotopic (exact) mass is 350 g/mol. The average Bonchev–Trinajstić information content (AvgIpc) is 3.11. The van der Waals surface area contributed by atoms with E-state index in [-0.39, 0.29) is 18.4 Å². The van der Waals surface area contributed by atoms with Crippen LogP contribution in [0.3, 0.4) is 0 Å². The third-order valence-electron chi connectivity index (χ3n) is 4.24. The zero-order valence-electron chi connectivity index (χ0n) is 15.0. The number of rotatable bonds is 6. The molecule has 2 N–H and O–H groups in total. The predicted octanol–water partition coefficient (Wildman–Crippen LogP) is 3.36. The average molecular weight is 350 g/mol. The second kappa shape index (κ2) is 7.82. The van der Waals surface area contributed by atoms with Gasteiger partial charge in [-0.2, -0.15) is 5.10 Å². The number of para-hydroxylation sites is 2. The van der Waals surface area contributed by atoms with E-state index < -0.39 is 0 Å². The van der Waals surface area contributed by atoms with Crippen LogP contribution in [-0.2, 0) is 4.79 Å². The van der Waals surface area contributed by atoms with Crippen molar-refractivity contribution in [3.8, 4) is 0 Å². The summed E-state index contributed by atoms with van der Waals surface area (Å²) >= 11 is 0. The SMILES string of the molecule is CCCN(CC(=O)Nc1ccccc1C)C(=O)c1cccc2cn[nH]c12. The van der Waals surface area contributed by atoms with Gasteiger partial charge in [0.15, 0.2) is 0 Å². The molecule has 0 bridgehead atoms. The Morgan fingerprint density at radius 1 is 1.15 bits per heavy atom. The van der Waals surface area contributed by atoms with E-state index >= 15 is 0 Å². The highest BCUT2D eigenvalue weighted by molar-refractivity contribution is 6.07. The van der Waals surface area contributed by atoms with Crippen LogP contribution >= 0.6 is 0 Å². The Morgan fingerprint density at radius 2 is 1.96 bits per heavy atom. The molecule has 0 saturated heterocycles. The van der Waals surface area contributed by atoms with Gasteiger partial charge in [0.25, 0.3) is 5.91 Å². The van der Waals surface area contributed by atoms with Crippen molar-refractivity contribution < 1.29 is 9.59 Å². The fourth-order valence-corrected chi connectivity index (χ4v) is 2.92. The van der Waals surface area contributed by atoms with E-state index in [9.17, 15) is 9.59 Å². The molecule has 0 unspecified atom stereocenters. The lowest BCUT2D eigenvalue weighted by Crippen LogP contribution is -2.38. The molecule has 1 aromatic heterocycles. The topological polar surface area (TPSA) is 78.1 Å². The van der Waals surface area contributed by atoms with Gasteiger partial charge in [-0.3, -0.25) is 14.7 Å². The van der Waals surface area contributed by atoms with Crippen LogP contribution in [0, 0.1) is 6.92 Å². The first-order valence-corrected chi connectivity index (χ1v) is 8.67. The minimum Gasteiger partial charge on any atom is -0.329 e. The number of amides is 2. The number of anilines is 1. The number of fused-ring (bicyclic) bond motifs is 1. The van der Waals surface area contributed by atoms with Gasteiger partial charge >= 0.3 is 0 Å². The zero-order valence-corrected chi connectivity index (χ0v) is 15.0. The molecule has 0 aliphatic rings. The van der Waals surface area contributed by atoms with Crippen LogP contribution in [0.1, 0.15) is 29.3 Å². The normalized spacial score (nSPS) is 10.7. The number of carbonyl (C=O) groups is 2. The third-order valence-corrected chi connectivity index (χ3v) is 4.24. The summed E-state index contributed by atoms with van der Waals surface area (Å²) in [6.07, 6.45) is 2.45. The van der Waals surface area contributed by atoms with Crippen LogP contribution < -0.4 is 5.32 Å². The maximum atomic E-state index is 13.0. The molecule has 6 heteroatoms. The molecule has 0 atom stereocenters. The van der Waals surface area contributed by atoms with Crippen molar-refractivity contribution in [2.45, 2.75) is 20.3 Å². The maximum Gasteiger partial charge on any atom is 0.256 e. The van der Waals surface area contributed by atoms with Crippen molar-refractivity contribution >= 4 is 28.4 Å². The summed E-state index contributed by atoms with van der Waals surface area (Å²) < 4.78 is 0. The number of aryl methyl sites for hydroxylation is 1. The number of aromatic nitrogens is 2. The van der Waals surface area contributed by atoms with Crippen LogP contribution in [0.4, 0.5) is 5.69 Å². The fourth-order valence-electron chi connectivity index (χ4n) is 2.92. The third kappa shape index (κ3) is 3.74. The van der Waals surface area contributed by atoms with Gasteiger partial charge < -0.3 is 10.2 Å². The largest absolute Gasteiger partial charge is 0.329 e. The molecule has 0 saturated carbocycles. The fraction of sp³-hybridized carbons (Fsp3) is 0.250. The molecule has 1 heterocycles. The minimum absolute atomic E-state index is 0.00549. The lowest BCUT2D eigenvalue weighted by atomic mass is 10.1. The first-order valence-electron chi connectivity index (χ1n) is 8.67. The molecule has 3 aromatic rings. The molecule has 2 aromatic carbocycles. The highest BCUT2D eigenvalue weighted by Crippen LogP contribution is 2.18. The molecular weight excluding hydrogens is 328 g/mol. The van der Waals surface area contributed by atoms with Crippen LogP contribution in [0.2, 0.25) is 0 Å². The van der Waals surface area contributed by atoms with Gasteiger partial charge in [-0.25, -0.2) is 0 Å². The second-order valence-electron chi connectivity index (χ2n) is 6.23. The van der Waals surface area contributed by atoms with Gasteiger partial charge in [-0.1, -0.05) is 37.3 Å². The highest BCUT2D eigenvalue weighted by Gasteiger charge is 2.21. The van der Waals surface area contributed by atoms with Crippen LogP contribution in [0.25, 0.3) is 10.9 Å². The van der Waals surface area contributed by atoms with Gasteiger partial charge in [0, 0.05) is 17.6 Å². The van der Waals surface area contributed by atoms with Crippen LogP contribution in [-0.4, -0.2) is 40.0 Å². The van der Waals surface area contributed by atoms with Crippen molar-refractivity contribution in [3.63, 3.8) is 0 Å². The summed E-state index contributed by atoms with van der Waals surface area (Å²) in [5.41, 5.74) is 2.96. The Hall–Kier alpha value is -3.15. The lowest BCUT2D eigenvalue weighted by Gasteiger charge is -2.22. The molecule has 2 amide bonds.